The van der Waals surface area contributed by atoms with E-state index in [2.05, 4.69) is 61.8 Å². The normalized spacial score (nSPS) is 13.4. The standard InChI is InChI=1S/C17H24N2S/c1-17(2,3)15-12-20-16(19-15)10-14(11-18-4)13-8-6-5-7-9-13/h5-9,12,14,18H,10-11H2,1-4H3. The number of benzene rings is 1. The molecule has 2 nitrogen and oxygen atoms in total. The maximum Gasteiger partial charge on any atom is 0.0935 e. The first-order chi connectivity index (χ1) is 9.50. The van der Waals surface area contributed by atoms with Crippen LogP contribution in [0.4, 0.5) is 0 Å². The topological polar surface area (TPSA) is 24.9 Å². The third kappa shape index (κ3) is 3.90. The Bertz CT molecular complexity index is 525. The minimum Gasteiger partial charge on any atom is -0.319 e. The van der Waals surface area contributed by atoms with E-state index in [9.17, 15) is 0 Å². The summed E-state index contributed by atoms with van der Waals surface area (Å²) in [5.74, 6) is 0.486. The molecular weight excluding hydrogens is 264 g/mol. The van der Waals surface area contributed by atoms with Gasteiger partial charge in [0.1, 0.15) is 0 Å². The van der Waals surface area contributed by atoms with Gasteiger partial charge in [0.25, 0.3) is 0 Å². The smallest absolute Gasteiger partial charge is 0.0935 e. The predicted octanol–water partition coefficient (Wildman–Crippen LogP) is 3.99. The summed E-state index contributed by atoms with van der Waals surface area (Å²) in [6, 6.07) is 10.7. The lowest BCUT2D eigenvalue weighted by molar-refractivity contribution is 0.566. The molecule has 108 valence electrons. The Morgan fingerprint density at radius 1 is 1.20 bits per heavy atom. The largest absolute Gasteiger partial charge is 0.319 e. The fraction of sp³-hybridized carbons (Fsp3) is 0.471. The lowest BCUT2D eigenvalue weighted by Crippen LogP contribution is -2.19. The number of likely N-dealkylation sites (N-methyl/N-ethyl adjacent to an activating group) is 1. The Kier molecular flexibility index (Phi) is 4.95. The van der Waals surface area contributed by atoms with E-state index >= 15 is 0 Å². The van der Waals surface area contributed by atoms with Gasteiger partial charge < -0.3 is 5.32 Å². The average molecular weight is 288 g/mol. The molecule has 0 bridgehead atoms. The summed E-state index contributed by atoms with van der Waals surface area (Å²) in [4.78, 5) is 4.82. The molecule has 1 heterocycles. The van der Waals surface area contributed by atoms with Gasteiger partial charge in [-0.15, -0.1) is 11.3 Å². The van der Waals surface area contributed by atoms with Crippen molar-refractivity contribution < 1.29 is 0 Å². The monoisotopic (exact) mass is 288 g/mol. The highest BCUT2D eigenvalue weighted by Gasteiger charge is 2.19. The van der Waals surface area contributed by atoms with Gasteiger partial charge >= 0.3 is 0 Å². The number of hydrogen-bond acceptors (Lipinski definition) is 3. The fourth-order valence-corrected chi connectivity index (χ4v) is 3.34. The Labute approximate surface area is 126 Å². The van der Waals surface area contributed by atoms with Crippen molar-refractivity contribution in [2.24, 2.45) is 0 Å². The van der Waals surface area contributed by atoms with Crippen LogP contribution >= 0.6 is 11.3 Å². The second-order valence-corrected chi connectivity index (χ2v) is 7.19. The summed E-state index contributed by atoms with van der Waals surface area (Å²) in [5.41, 5.74) is 2.73. The molecule has 0 fully saturated rings. The van der Waals surface area contributed by atoms with Gasteiger partial charge in [-0.1, -0.05) is 51.1 Å². The highest BCUT2D eigenvalue weighted by atomic mass is 32.1. The van der Waals surface area contributed by atoms with Crippen LogP contribution in [-0.4, -0.2) is 18.6 Å². The molecule has 0 aliphatic rings. The fourth-order valence-electron chi connectivity index (χ4n) is 2.24. The molecule has 1 aromatic carbocycles. The third-order valence-corrected chi connectivity index (χ3v) is 4.33. The van der Waals surface area contributed by atoms with Gasteiger partial charge in [0.05, 0.1) is 10.7 Å². The minimum atomic E-state index is 0.139. The molecule has 0 saturated carbocycles. The second kappa shape index (κ2) is 6.51. The van der Waals surface area contributed by atoms with Gasteiger partial charge in [-0.25, -0.2) is 4.98 Å². The van der Waals surface area contributed by atoms with Gasteiger partial charge in [-0.2, -0.15) is 0 Å². The number of hydrogen-bond donors (Lipinski definition) is 1. The average Bonchev–Trinajstić information content (AvgIpc) is 2.88. The van der Waals surface area contributed by atoms with Gasteiger partial charge in [0.2, 0.25) is 0 Å². The van der Waals surface area contributed by atoms with Crippen LogP contribution in [-0.2, 0) is 11.8 Å². The van der Waals surface area contributed by atoms with Crippen LogP contribution in [0.25, 0.3) is 0 Å². The molecule has 0 radical (unpaired) electrons. The number of thiazole rings is 1. The third-order valence-electron chi connectivity index (χ3n) is 3.46. The first kappa shape index (κ1) is 15.2. The van der Waals surface area contributed by atoms with Crippen LogP contribution in [0.5, 0.6) is 0 Å². The Hall–Kier alpha value is -1.19. The highest BCUT2D eigenvalue weighted by Crippen LogP contribution is 2.27. The van der Waals surface area contributed by atoms with E-state index in [4.69, 9.17) is 4.98 Å². The summed E-state index contributed by atoms with van der Waals surface area (Å²) in [6.45, 7) is 7.63. The van der Waals surface area contributed by atoms with Crippen LogP contribution in [0.1, 0.15) is 43.0 Å². The zero-order valence-corrected chi connectivity index (χ0v) is 13.6. The van der Waals surface area contributed by atoms with Crippen LogP contribution in [0.15, 0.2) is 35.7 Å². The van der Waals surface area contributed by atoms with Crippen molar-refractivity contribution >= 4 is 11.3 Å². The quantitative estimate of drug-likeness (QED) is 0.900. The predicted molar refractivity (Wildman–Crippen MR) is 87.6 cm³/mol. The molecule has 1 unspecified atom stereocenters. The molecule has 0 aliphatic carbocycles. The summed E-state index contributed by atoms with van der Waals surface area (Å²) in [6.07, 6.45) is 1.01. The molecule has 1 atom stereocenters. The first-order valence-electron chi connectivity index (χ1n) is 7.15. The number of nitrogens with one attached hydrogen (secondary N) is 1. The highest BCUT2D eigenvalue weighted by molar-refractivity contribution is 7.09. The zero-order valence-electron chi connectivity index (χ0n) is 12.8. The molecule has 3 heteroatoms. The molecule has 1 N–H and O–H groups in total. The molecule has 0 saturated heterocycles. The summed E-state index contributed by atoms with van der Waals surface area (Å²) < 4.78 is 0. The van der Waals surface area contributed by atoms with Crippen molar-refractivity contribution in [3.05, 3.63) is 52.0 Å². The van der Waals surface area contributed by atoms with Crippen molar-refractivity contribution in [3.8, 4) is 0 Å². The van der Waals surface area contributed by atoms with Gasteiger partial charge in [0, 0.05) is 29.7 Å². The Morgan fingerprint density at radius 2 is 1.90 bits per heavy atom. The Morgan fingerprint density at radius 3 is 2.45 bits per heavy atom. The molecule has 0 spiro atoms. The molecular formula is C17H24N2S. The van der Waals surface area contributed by atoms with Crippen LogP contribution in [0.3, 0.4) is 0 Å². The van der Waals surface area contributed by atoms with Crippen LogP contribution in [0, 0.1) is 0 Å². The van der Waals surface area contributed by atoms with Crippen LogP contribution in [0.2, 0.25) is 0 Å². The van der Waals surface area contributed by atoms with E-state index < -0.39 is 0 Å². The van der Waals surface area contributed by atoms with Crippen molar-refractivity contribution in [3.63, 3.8) is 0 Å². The first-order valence-corrected chi connectivity index (χ1v) is 8.03. The minimum absolute atomic E-state index is 0.139. The molecule has 0 aliphatic heterocycles. The summed E-state index contributed by atoms with van der Waals surface area (Å²) >= 11 is 1.79. The van der Waals surface area contributed by atoms with Crippen LogP contribution < -0.4 is 5.32 Å². The molecule has 1 aromatic heterocycles. The van der Waals surface area contributed by atoms with Crippen molar-refractivity contribution in [1.82, 2.24) is 10.3 Å². The second-order valence-electron chi connectivity index (χ2n) is 6.25. The van der Waals surface area contributed by atoms with E-state index in [1.807, 2.05) is 7.05 Å². The van der Waals surface area contributed by atoms with E-state index in [1.54, 1.807) is 11.3 Å². The maximum absolute atomic E-state index is 4.82. The van der Waals surface area contributed by atoms with Gasteiger partial charge in [-0.3, -0.25) is 0 Å². The molecule has 20 heavy (non-hydrogen) atoms. The molecule has 2 rings (SSSR count). The van der Waals surface area contributed by atoms with E-state index in [0.717, 1.165) is 13.0 Å². The Balaban J connectivity index is 2.15. The zero-order chi connectivity index (χ0) is 14.6. The summed E-state index contributed by atoms with van der Waals surface area (Å²) in [7, 11) is 2.01. The summed E-state index contributed by atoms with van der Waals surface area (Å²) in [5, 5.41) is 6.74. The number of aromatic nitrogens is 1. The van der Waals surface area contributed by atoms with E-state index in [1.165, 1.54) is 16.3 Å². The maximum atomic E-state index is 4.82. The number of rotatable bonds is 5. The van der Waals surface area contributed by atoms with Gasteiger partial charge in [-0.05, 0) is 12.6 Å². The van der Waals surface area contributed by atoms with Crippen molar-refractivity contribution in [1.29, 1.82) is 0 Å². The lowest BCUT2D eigenvalue weighted by Gasteiger charge is -2.16. The lowest BCUT2D eigenvalue weighted by atomic mass is 9.93. The SMILES string of the molecule is CNCC(Cc1nc(C(C)(C)C)cs1)c1ccccc1. The molecule has 2 aromatic rings. The van der Waals surface area contributed by atoms with Crippen molar-refractivity contribution in [2.75, 3.05) is 13.6 Å². The van der Waals surface area contributed by atoms with E-state index in [-0.39, 0.29) is 5.41 Å². The number of nitrogens with zero attached hydrogens (tertiary/aromatic N) is 1. The van der Waals surface area contributed by atoms with E-state index in [0.29, 0.717) is 5.92 Å². The van der Waals surface area contributed by atoms with Crippen molar-refractivity contribution in [2.45, 2.75) is 38.5 Å². The van der Waals surface area contributed by atoms with Gasteiger partial charge in [0.15, 0.2) is 0 Å². The molecule has 0 amide bonds.